The van der Waals surface area contributed by atoms with Crippen LogP contribution in [0.1, 0.15) is 5.89 Å². The Labute approximate surface area is 81.3 Å². The summed E-state index contributed by atoms with van der Waals surface area (Å²) in [5, 5.41) is 0. The topological polar surface area (TPSA) is 61.3 Å². The van der Waals surface area contributed by atoms with E-state index in [2.05, 4.69) is 4.98 Å². The van der Waals surface area contributed by atoms with Crippen LogP contribution in [0.25, 0.3) is 0 Å². The lowest BCUT2D eigenvalue weighted by molar-refractivity contribution is 0.263. The van der Waals surface area contributed by atoms with E-state index in [1.165, 1.54) is 6.26 Å². The predicted molar refractivity (Wildman–Crippen MR) is 51.7 cm³/mol. The quantitative estimate of drug-likeness (QED) is 0.750. The van der Waals surface area contributed by atoms with Crippen molar-refractivity contribution in [1.82, 2.24) is 4.98 Å². The number of benzene rings is 1. The fraction of sp³-hybridized carbons (Fsp3) is 0.100. The van der Waals surface area contributed by atoms with E-state index < -0.39 is 0 Å². The highest BCUT2D eigenvalue weighted by Gasteiger charge is 1.98. The van der Waals surface area contributed by atoms with Gasteiger partial charge in [0.15, 0.2) is 6.61 Å². The molecule has 0 spiro atoms. The van der Waals surface area contributed by atoms with Crippen LogP contribution in [0.2, 0.25) is 0 Å². The molecule has 4 nitrogen and oxygen atoms in total. The van der Waals surface area contributed by atoms with Gasteiger partial charge < -0.3 is 14.9 Å². The fourth-order valence-corrected chi connectivity index (χ4v) is 1.07. The van der Waals surface area contributed by atoms with Gasteiger partial charge in [-0.25, -0.2) is 4.98 Å². The lowest BCUT2D eigenvalue weighted by Crippen LogP contribution is -1.95. The molecule has 1 aromatic heterocycles. The molecular formula is C10H10N2O2. The smallest absolute Gasteiger partial charge is 0.232 e. The van der Waals surface area contributed by atoms with Crippen molar-refractivity contribution in [2.24, 2.45) is 0 Å². The lowest BCUT2D eigenvalue weighted by Gasteiger charge is -2.03. The van der Waals surface area contributed by atoms with Gasteiger partial charge in [-0.05, 0) is 12.1 Å². The minimum absolute atomic E-state index is 0.316. The Hall–Kier alpha value is -1.97. The van der Waals surface area contributed by atoms with Crippen molar-refractivity contribution in [3.05, 3.63) is 42.6 Å². The van der Waals surface area contributed by atoms with Crippen LogP contribution >= 0.6 is 0 Å². The molecule has 0 aliphatic rings. The van der Waals surface area contributed by atoms with Crippen LogP contribution in [0.5, 0.6) is 5.75 Å². The predicted octanol–water partition coefficient (Wildman–Crippen LogP) is 1.84. The minimum Gasteiger partial charge on any atom is -0.484 e. The SMILES string of the molecule is Nc1cccc(OCc2ncco2)c1. The van der Waals surface area contributed by atoms with E-state index in [4.69, 9.17) is 14.9 Å². The fourth-order valence-electron chi connectivity index (χ4n) is 1.07. The van der Waals surface area contributed by atoms with Crippen molar-refractivity contribution < 1.29 is 9.15 Å². The number of rotatable bonds is 3. The van der Waals surface area contributed by atoms with E-state index in [1.54, 1.807) is 18.3 Å². The number of anilines is 1. The summed E-state index contributed by atoms with van der Waals surface area (Å²) in [4.78, 5) is 3.93. The summed E-state index contributed by atoms with van der Waals surface area (Å²) in [6.07, 6.45) is 3.09. The van der Waals surface area contributed by atoms with Crippen LogP contribution < -0.4 is 10.5 Å². The molecular weight excluding hydrogens is 180 g/mol. The maximum absolute atomic E-state index is 5.59. The number of nitrogens with zero attached hydrogens (tertiary/aromatic N) is 1. The van der Waals surface area contributed by atoms with Crippen LogP contribution in [0.15, 0.2) is 41.1 Å². The number of aromatic nitrogens is 1. The molecule has 0 saturated heterocycles. The molecule has 0 fully saturated rings. The van der Waals surface area contributed by atoms with Gasteiger partial charge >= 0.3 is 0 Å². The molecule has 1 aromatic carbocycles. The Morgan fingerprint density at radius 1 is 1.43 bits per heavy atom. The summed E-state index contributed by atoms with van der Waals surface area (Å²) >= 11 is 0. The largest absolute Gasteiger partial charge is 0.484 e. The van der Waals surface area contributed by atoms with Crippen LogP contribution in [-0.4, -0.2) is 4.98 Å². The maximum Gasteiger partial charge on any atom is 0.232 e. The first-order valence-electron chi connectivity index (χ1n) is 4.21. The van der Waals surface area contributed by atoms with Crippen molar-refractivity contribution in [2.45, 2.75) is 6.61 Å². The van der Waals surface area contributed by atoms with Crippen molar-refractivity contribution in [1.29, 1.82) is 0 Å². The molecule has 2 N–H and O–H groups in total. The molecule has 0 amide bonds. The first-order valence-corrected chi connectivity index (χ1v) is 4.21. The Bertz CT molecular complexity index is 398. The number of oxazole rings is 1. The Kier molecular flexibility index (Phi) is 2.36. The van der Waals surface area contributed by atoms with Crippen molar-refractivity contribution in [3.63, 3.8) is 0 Å². The van der Waals surface area contributed by atoms with E-state index in [0.717, 1.165) is 0 Å². The molecule has 2 aromatic rings. The van der Waals surface area contributed by atoms with E-state index in [1.807, 2.05) is 12.1 Å². The van der Waals surface area contributed by atoms with Gasteiger partial charge in [0.05, 0.1) is 6.20 Å². The molecule has 1 heterocycles. The van der Waals surface area contributed by atoms with Gasteiger partial charge in [0, 0.05) is 11.8 Å². The summed E-state index contributed by atoms with van der Waals surface area (Å²) in [6.45, 7) is 0.316. The Balaban J connectivity index is 1.98. The number of nitrogens with two attached hydrogens (primary N) is 1. The normalized spacial score (nSPS) is 10.0. The highest BCUT2D eigenvalue weighted by Crippen LogP contribution is 2.15. The number of ether oxygens (including phenoxy) is 1. The van der Waals surface area contributed by atoms with E-state index in [-0.39, 0.29) is 0 Å². The molecule has 14 heavy (non-hydrogen) atoms. The zero-order valence-electron chi connectivity index (χ0n) is 7.51. The third kappa shape index (κ3) is 2.04. The van der Waals surface area contributed by atoms with Crippen molar-refractivity contribution >= 4 is 5.69 Å². The van der Waals surface area contributed by atoms with E-state index in [9.17, 15) is 0 Å². The molecule has 72 valence electrons. The third-order valence-corrected chi connectivity index (χ3v) is 1.70. The monoisotopic (exact) mass is 190 g/mol. The van der Waals surface area contributed by atoms with Gasteiger partial charge in [-0.1, -0.05) is 6.07 Å². The third-order valence-electron chi connectivity index (χ3n) is 1.70. The molecule has 0 aliphatic heterocycles. The second kappa shape index (κ2) is 3.83. The molecule has 0 atom stereocenters. The van der Waals surface area contributed by atoms with Gasteiger partial charge in [0.1, 0.15) is 12.0 Å². The molecule has 0 bridgehead atoms. The second-order valence-electron chi connectivity index (χ2n) is 2.79. The molecule has 0 unspecified atom stereocenters. The van der Waals surface area contributed by atoms with Gasteiger partial charge in [0.25, 0.3) is 0 Å². The standard InChI is InChI=1S/C10H10N2O2/c11-8-2-1-3-9(6-8)14-7-10-12-4-5-13-10/h1-6H,7,11H2. The molecule has 0 radical (unpaired) electrons. The van der Waals surface area contributed by atoms with E-state index in [0.29, 0.717) is 23.9 Å². The average Bonchev–Trinajstić information content (AvgIpc) is 2.67. The molecule has 0 aliphatic carbocycles. The minimum atomic E-state index is 0.316. The lowest BCUT2D eigenvalue weighted by atomic mass is 10.3. The maximum atomic E-state index is 5.59. The van der Waals surface area contributed by atoms with E-state index >= 15 is 0 Å². The first-order chi connectivity index (χ1) is 6.84. The summed E-state index contributed by atoms with van der Waals surface area (Å²) in [5.74, 6) is 1.26. The van der Waals surface area contributed by atoms with Crippen molar-refractivity contribution in [3.8, 4) is 5.75 Å². The number of hydrogen-bond acceptors (Lipinski definition) is 4. The highest BCUT2D eigenvalue weighted by molar-refractivity contribution is 5.43. The van der Waals surface area contributed by atoms with Crippen LogP contribution in [-0.2, 0) is 6.61 Å². The molecule has 0 saturated carbocycles. The van der Waals surface area contributed by atoms with Crippen molar-refractivity contribution in [2.75, 3.05) is 5.73 Å². The van der Waals surface area contributed by atoms with Crippen LogP contribution in [0, 0.1) is 0 Å². The molecule has 4 heteroatoms. The van der Waals surface area contributed by atoms with Gasteiger partial charge in [-0.2, -0.15) is 0 Å². The highest BCUT2D eigenvalue weighted by atomic mass is 16.5. The molecule has 2 rings (SSSR count). The summed E-state index contributed by atoms with van der Waals surface area (Å²) in [6, 6.07) is 7.22. The van der Waals surface area contributed by atoms with Gasteiger partial charge in [-0.15, -0.1) is 0 Å². The van der Waals surface area contributed by atoms with Crippen LogP contribution in [0.3, 0.4) is 0 Å². The average molecular weight is 190 g/mol. The summed E-state index contributed by atoms with van der Waals surface area (Å²) in [5.41, 5.74) is 6.26. The summed E-state index contributed by atoms with van der Waals surface area (Å²) < 4.78 is 10.4. The second-order valence-corrected chi connectivity index (χ2v) is 2.79. The van der Waals surface area contributed by atoms with Gasteiger partial charge in [-0.3, -0.25) is 0 Å². The first kappa shape index (κ1) is 8.62. The van der Waals surface area contributed by atoms with Gasteiger partial charge in [0.2, 0.25) is 5.89 Å². The number of hydrogen-bond donors (Lipinski definition) is 1. The van der Waals surface area contributed by atoms with Crippen LogP contribution in [0.4, 0.5) is 5.69 Å². The number of nitrogen functional groups attached to an aromatic ring is 1. The Morgan fingerprint density at radius 2 is 2.36 bits per heavy atom. The summed E-state index contributed by atoms with van der Waals surface area (Å²) in [7, 11) is 0. The Morgan fingerprint density at radius 3 is 3.07 bits per heavy atom. The zero-order valence-corrected chi connectivity index (χ0v) is 7.51. The zero-order chi connectivity index (χ0) is 9.80.